The van der Waals surface area contributed by atoms with Crippen LogP contribution in [0.1, 0.15) is 0 Å². The van der Waals surface area contributed by atoms with Gasteiger partial charge < -0.3 is 14.2 Å². The molecular formula is C13H15ClFNO5S. The Balaban J connectivity index is 2.12. The van der Waals surface area contributed by atoms with E-state index in [0.717, 1.165) is 18.2 Å². The van der Waals surface area contributed by atoms with E-state index < -0.39 is 27.9 Å². The Morgan fingerprint density at radius 2 is 2.18 bits per heavy atom. The van der Waals surface area contributed by atoms with Crippen molar-refractivity contribution in [1.29, 1.82) is 0 Å². The third-order valence-corrected chi connectivity index (χ3v) is 4.80. The lowest BCUT2D eigenvalue weighted by Gasteiger charge is -2.27. The highest BCUT2D eigenvalue weighted by molar-refractivity contribution is 7.89. The second-order valence-corrected chi connectivity index (χ2v) is 6.67. The number of benzene rings is 1. The number of nitrogens with one attached hydrogen (secondary N) is 1. The van der Waals surface area contributed by atoms with Crippen molar-refractivity contribution in [3.05, 3.63) is 41.2 Å². The second-order valence-electron chi connectivity index (χ2n) is 4.50. The predicted molar refractivity (Wildman–Crippen MR) is 77.4 cm³/mol. The summed E-state index contributed by atoms with van der Waals surface area (Å²) in [6.45, 7) is -0.183. The van der Waals surface area contributed by atoms with Crippen LogP contribution in [0.3, 0.4) is 0 Å². The van der Waals surface area contributed by atoms with Gasteiger partial charge in [0.15, 0.2) is 6.29 Å². The highest BCUT2D eigenvalue weighted by Gasteiger charge is 2.37. The van der Waals surface area contributed by atoms with Gasteiger partial charge in [-0.15, -0.1) is 0 Å². The smallest absolute Gasteiger partial charge is 0.240 e. The van der Waals surface area contributed by atoms with Gasteiger partial charge in [-0.25, -0.2) is 17.5 Å². The fraction of sp³-hybridized carbons (Fsp3) is 0.385. The summed E-state index contributed by atoms with van der Waals surface area (Å²) in [5.41, 5.74) is 0. The highest BCUT2D eigenvalue weighted by Crippen LogP contribution is 2.25. The first kappa shape index (κ1) is 17.3. The molecule has 1 aliphatic rings. The maximum atomic E-state index is 13.1. The molecule has 2 unspecified atom stereocenters. The lowest BCUT2D eigenvalue weighted by molar-refractivity contribution is -0.237. The monoisotopic (exact) mass is 351 g/mol. The molecule has 0 radical (unpaired) electrons. The van der Waals surface area contributed by atoms with Crippen LogP contribution in [0.2, 0.25) is 5.02 Å². The molecule has 0 aromatic heterocycles. The van der Waals surface area contributed by atoms with Crippen LogP contribution in [0.25, 0.3) is 0 Å². The maximum Gasteiger partial charge on any atom is 0.240 e. The summed E-state index contributed by atoms with van der Waals surface area (Å²) in [4.78, 5) is -0.157. The number of ether oxygens (including phenoxy) is 3. The van der Waals surface area contributed by atoms with Crippen molar-refractivity contribution >= 4 is 21.6 Å². The highest BCUT2D eigenvalue weighted by atomic mass is 35.5. The van der Waals surface area contributed by atoms with Gasteiger partial charge in [-0.2, -0.15) is 0 Å². The van der Waals surface area contributed by atoms with E-state index in [0.29, 0.717) is 0 Å². The van der Waals surface area contributed by atoms with Crippen molar-refractivity contribution in [2.45, 2.75) is 17.0 Å². The maximum absolute atomic E-state index is 13.1. The number of rotatable bonds is 6. The summed E-state index contributed by atoms with van der Waals surface area (Å²) in [7, 11) is -1.07. The van der Waals surface area contributed by atoms with Gasteiger partial charge in [-0.05, 0) is 30.4 Å². The van der Waals surface area contributed by atoms with Crippen LogP contribution in [0.4, 0.5) is 4.39 Å². The van der Waals surface area contributed by atoms with Crippen LogP contribution < -0.4 is 4.72 Å². The molecule has 1 aromatic rings. The summed E-state index contributed by atoms with van der Waals surface area (Å²) in [5, 5.41) is -0.277. The minimum atomic E-state index is -3.90. The molecule has 0 spiro atoms. The van der Waals surface area contributed by atoms with Gasteiger partial charge in [0.25, 0.3) is 0 Å². The summed E-state index contributed by atoms with van der Waals surface area (Å²) in [6, 6.07) is 3.13. The van der Waals surface area contributed by atoms with E-state index in [1.165, 1.54) is 14.2 Å². The predicted octanol–water partition coefficient (Wildman–Crippen LogP) is 1.66. The van der Waals surface area contributed by atoms with E-state index in [1.807, 2.05) is 0 Å². The molecule has 0 bridgehead atoms. The molecule has 22 heavy (non-hydrogen) atoms. The first-order chi connectivity index (χ1) is 10.3. The molecule has 122 valence electrons. The van der Waals surface area contributed by atoms with Crippen LogP contribution in [0.5, 0.6) is 0 Å². The molecule has 2 atom stereocenters. The van der Waals surface area contributed by atoms with E-state index in [2.05, 4.69) is 4.72 Å². The fourth-order valence-corrected chi connectivity index (χ4v) is 3.16. The molecule has 0 saturated heterocycles. The van der Waals surface area contributed by atoms with Crippen molar-refractivity contribution in [3.8, 4) is 0 Å². The first-order valence-corrected chi connectivity index (χ1v) is 8.08. The number of sulfonamides is 1. The Bertz CT molecular complexity index is 681. The van der Waals surface area contributed by atoms with Crippen LogP contribution in [-0.4, -0.2) is 41.3 Å². The molecule has 1 heterocycles. The zero-order valence-electron chi connectivity index (χ0n) is 11.9. The lowest BCUT2D eigenvalue weighted by atomic mass is 10.3. The number of hydrogen-bond donors (Lipinski definition) is 1. The molecule has 1 N–H and O–H groups in total. The van der Waals surface area contributed by atoms with Crippen LogP contribution in [0, 0.1) is 5.82 Å². The van der Waals surface area contributed by atoms with Crippen LogP contribution in [0.15, 0.2) is 35.2 Å². The van der Waals surface area contributed by atoms with Gasteiger partial charge in [0.1, 0.15) is 5.82 Å². The molecule has 9 heteroatoms. The number of hydrogen-bond acceptors (Lipinski definition) is 5. The quantitative estimate of drug-likeness (QED) is 0.789. The van der Waals surface area contributed by atoms with E-state index in [4.69, 9.17) is 25.8 Å². The molecule has 1 aromatic carbocycles. The molecule has 2 rings (SSSR count). The average Bonchev–Trinajstić information content (AvgIpc) is 2.92. The topological polar surface area (TPSA) is 73.9 Å². The van der Waals surface area contributed by atoms with E-state index >= 15 is 0 Å². The zero-order valence-corrected chi connectivity index (χ0v) is 13.4. The number of methoxy groups -OCH3 is 2. The van der Waals surface area contributed by atoms with E-state index in [-0.39, 0.29) is 16.5 Å². The lowest BCUT2D eigenvalue weighted by Crippen LogP contribution is -2.44. The van der Waals surface area contributed by atoms with Crippen molar-refractivity contribution in [3.63, 3.8) is 0 Å². The molecule has 0 fully saturated rings. The zero-order chi connectivity index (χ0) is 16.4. The van der Waals surface area contributed by atoms with Gasteiger partial charge in [-0.3, -0.25) is 0 Å². The molecular weight excluding hydrogens is 337 g/mol. The van der Waals surface area contributed by atoms with Gasteiger partial charge in [-0.1, -0.05) is 11.6 Å². The standard InChI is InChI=1S/C13H15ClFNO5S/c1-19-12-5-6-13(20-2,21-12)8-16-22(17,18)9-3-4-11(15)10(14)7-9/h3-7,12,16H,8H2,1-2H3. The molecule has 6 nitrogen and oxygen atoms in total. The normalized spacial score (nSPS) is 24.8. The molecule has 0 saturated carbocycles. The first-order valence-electron chi connectivity index (χ1n) is 6.22. The Kier molecular flexibility index (Phi) is 5.21. The van der Waals surface area contributed by atoms with Gasteiger partial charge in [0, 0.05) is 14.2 Å². The van der Waals surface area contributed by atoms with Crippen molar-refractivity contribution in [2.24, 2.45) is 0 Å². The summed E-state index contributed by atoms with van der Waals surface area (Å²) in [6.07, 6.45) is 2.54. The Morgan fingerprint density at radius 3 is 2.73 bits per heavy atom. The Morgan fingerprint density at radius 1 is 1.45 bits per heavy atom. The van der Waals surface area contributed by atoms with Gasteiger partial charge in [0.2, 0.25) is 15.8 Å². The second kappa shape index (κ2) is 6.61. The third-order valence-electron chi connectivity index (χ3n) is 3.11. The van der Waals surface area contributed by atoms with Crippen LogP contribution >= 0.6 is 11.6 Å². The van der Waals surface area contributed by atoms with Crippen molar-refractivity contribution < 1.29 is 27.0 Å². The average molecular weight is 352 g/mol. The molecule has 0 amide bonds. The van der Waals surface area contributed by atoms with Gasteiger partial charge >= 0.3 is 0 Å². The van der Waals surface area contributed by atoms with Crippen molar-refractivity contribution in [2.75, 3.05) is 20.8 Å². The summed E-state index contributed by atoms with van der Waals surface area (Å²) < 4.78 is 55.5. The minimum absolute atomic E-state index is 0.157. The Hall–Kier alpha value is -1.03. The van der Waals surface area contributed by atoms with Crippen molar-refractivity contribution in [1.82, 2.24) is 4.72 Å². The largest absolute Gasteiger partial charge is 0.352 e. The molecule has 0 aliphatic carbocycles. The number of halogens is 2. The van der Waals surface area contributed by atoms with Gasteiger partial charge in [0.05, 0.1) is 16.5 Å². The summed E-state index contributed by atoms with van der Waals surface area (Å²) >= 11 is 5.60. The minimum Gasteiger partial charge on any atom is -0.352 e. The SMILES string of the molecule is COC1C=CC(CNS(=O)(=O)c2ccc(F)c(Cl)c2)(OC)O1. The summed E-state index contributed by atoms with van der Waals surface area (Å²) in [5.74, 6) is -1.96. The Labute approximate surface area is 132 Å². The van der Waals surface area contributed by atoms with Crippen LogP contribution in [-0.2, 0) is 24.2 Å². The van der Waals surface area contributed by atoms with E-state index in [9.17, 15) is 12.8 Å². The molecule has 1 aliphatic heterocycles. The third kappa shape index (κ3) is 3.65. The van der Waals surface area contributed by atoms with E-state index in [1.54, 1.807) is 12.2 Å². The fourth-order valence-electron chi connectivity index (χ4n) is 1.84.